The first kappa shape index (κ1) is 13.4. The molecule has 0 aromatic heterocycles. The molecule has 3 heteroatoms. The molecule has 0 fully saturated rings. The highest BCUT2D eigenvalue weighted by Gasteiger charge is 2.16. The summed E-state index contributed by atoms with van der Waals surface area (Å²) >= 11 is 4.42. The van der Waals surface area contributed by atoms with Crippen LogP contribution in [0.4, 0.5) is 0 Å². The minimum Gasteiger partial charge on any atom is -0.496 e. The predicted molar refractivity (Wildman–Crippen MR) is 72.7 cm³/mol. The largest absolute Gasteiger partial charge is 0.496 e. The summed E-state index contributed by atoms with van der Waals surface area (Å²) in [6.45, 7) is 4.20. The molecule has 0 heterocycles. The van der Waals surface area contributed by atoms with Gasteiger partial charge in [-0.3, -0.25) is 0 Å². The number of hydrogen-bond acceptors (Lipinski definition) is 3. The molecule has 0 aliphatic carbocycles. The molecule has 16 heavy (non-hydrogen) atoms. The molecule has 0 aliphatic rings. The summed E-state index contributed by atoms with van der Waals surface area (Å²) in [6, 6.07) is 4.66. The SMILES string of the molecule is COc1cc(C)c(C(CS)N(C)C)cc1C. The molecular weight excluding hydrogens is 218 g/mol. The van der Waals surface area contributed by atoms with Gasteiger partial charge in [-0.1, -0.05) is 6.07 Å². The van der Waals surface area contributed by atoms with Crippen LogP contribution >= 0.6 is 12.6 Å². The molecule has 0 saturated carbocycles. The molecule has 0 amide bonds. The Morgan fingerprint density at radius 2 is 1.88 bits per heavy atom. The van der Waals surface area contributed by atoms with Crippen molar-refractivity contribution in [2.45, 2.75) is 19.9 Å². The van der Waals surface area contributed by atoms with Crippen molar-refractivity contribution in [1.29, 1.82) is 0 Å². The van der Waals surface area contributed by atoms with Gasteiger partial charge < -0.3 is 9.64 Å². The van der Waals surface area contributed by atoms with Crippen molar-refractivity contribution in [1.82, 2.24) is 4.90 Å². The second kappa shape index (κ2) is 5.60. The van der Waals surface area contributed by atoms with Crippen molar-refractivity contribution in [2.24, 2.45) is 0 Å². The Balaban J connectivity index is 3.18. The zero-order chi connectivity index (χ0) is 12.3. The van der Waals surface area contributed by atoms with Gasteiger partial charge in [0.25, 0.3) is 0 Å². The Morgan fingerprint density at radius 1 is 1.25 bits per heavy atom. The van der Waals surface area contributed by atoms with E-state index >= 15 is 0 Å². The molecule has 90 valence electrons. The van der Waals surface area contributed by atoms with E-state index in [9.17, 15) is 0 Å². The number of aryl methyl sites for hydroxylation is 2. The van der Waals surface area contributed by atoms with E-state index in [-0.39, 0.29) is 0 Å². The van der Waals surface area contributed by atoms with E-state index in [0.29, 0.717) is 6.04 Å². The molecule has 1 aromatic rings. The van der Waals surface area contributed by atoms with E-state index in [1.165, 1.54) is 16.7 Å². The summed E-state index contributed by atoms with van der Waals surface area (Å²) in [6.07, 6.45) is 0. The van der Waals surface area contributed by atoms with Crippen LogP contribution in [0.1, 0.15) is 22.7 Å². The fourth-order valence-corrected chi connectivity index (χ4v) is 2.45. The maximum atomic E-state index is 5.32. The third-order valence-corrected chi connectivity index (χ3v) is 3.28. The van der Waals surface area contributed by atoms with Gasteiger partial charge in [0, 0.05) is 11.8 Å². The van der Waals surface area contributed by atoms with Gasteiger partial charge in [-0.05, 0) is 50.7 Å². The van der Waals surface area contributed by atoms with Crippen LogP contribution in [0.2, 0.25) is 0 Å². The maximum absolute atomic E-state index is 5.32. The Kier molecular flexibility index (Phi) is 4.69. The summed E-state index contributed by atoms with van der Waals surface area (Å²) in [5.41, 5.74) is 3.77. The second-order valence-corrected chi connectivity index (χ2v) is 4.71. The average Bonchev–Trinajstić information content (AvgIpc) is 2.23. The Hall–Kier alpha value is -0.670. The third kappa shape index (κ3) is 2.71. The molecule has 0 radical (unpaired) electrons. The normalized spacial score (nSPS) is 12.9. The highest BCUT2D eigenvalue weighted by atomic mass is 32.1. The van der Waals surface area contributed by atoms with Gasteiger partial charge in [-0.25, -0.2) is 0 Å². The van der Waals surface area contributed by atoms with E-state index in [1.807, 2.05) is 0 Å². The summed E-state index contributed by atoms with van der Waals surface area (Å²) in [4.78, 5) is 2.20. The number of thiol groups is 1. The summed E-state index contributed by atoms with van der Waals surface area (Å²) in [5, 5.41) is 0. The highest BCUT2D eigenvalue weighted by molar-refractivity contribution is 7.80. The van der Waals surface area contributed by atoms with Crippen LogP contribution in [0.15, 0.2) is 12.1 Å². The van der Waals surface area contributed by atoms with Crippen LogP contribution in [-0.4, -0.2) is 31.9 Å². The van der Waals surface area contributed by atoms with E-state index in [2.05, 4.69) is 57.6 Å². The molecule has 1 rings (SSSR count). The van der Waals surface area contributed by atoms with Crippen LogP contribution in [0, 0.1) is 13.8 Å². The quantitative estimate of drug-likeness (QED) is 0.811. The zero-order valence-electron chi connectivity index (χ0n) is 10.7. The lowest BCUT2D eigenvalue weighted by Gasteiger charge is -2.25. The number of benzene rings is 1. The van der Waals surface area contributed by atoms with E-state index in [1.54, 1.807) is 7.11 Å². The molecule has 0 spiro atoms. The van der Waals surface area contributed by atoms with Crippen molar-refractivity contribution >= 4 is 12.6 Å². The van der Waals surface area contributed by atoms with Crippen molar-refractivity contribution in [2.75, 3.05) is 27.0 Å². The molecule has 0 saturated heterocycles. The van der Waals surface area contributed by atoms with Gasteiger partial charge in [0.05, 0.1) is 7.11 Å². The number of ether oxygens (including phenoxy) is 1. The van der Waals surface area contributed by atoms with Crippen molar-refractivity contribution in [3.05, 3.63) is 28.8 Å². The summed E-state index contributed by atoms with van der Waals surface area (Å²) in [7, 11) is 5.88. The van der Waals surface area contributed by atoms with Gasteiger partial charge in [-0.15, -0.1) is 0 Å². The first-order valence-corrected chi connectivity index (χ1v) is 6.07. The first-order valence-electron chi connectivity index (χ1n) is 5.43. The van der Waals surface area contributed by atoms with Crippen LogP contribution in [0.3, 0.4) is 0 Å². The molecule has 0 N–H and O–H groups in total. The summed E-state index contributed by atoms with van der Waals surface area (Å²) < 4.78 is 5.32. The Morgan fingerprint density at radius 3 is 2.31 bits per heavy atom. The molecule has 1 aromatic carbocycles. The van der Waals surface area contributed by atoms with Gasteiger partial charge in [0.2, 0.25) is 0 Å². The molecule has 0 bridgehead atoms. The zero-order valence-corrected chi connectivity index (χ0v) is 11.6. The average molecular weight is 239 g/mol. The fraction of sp³-hybridized carbons (Fsp3) is 0.538. The minimum atomic E-state index is 0.355. The molecule has 2 nitrogen and oxygen atoms in total. The summed E-state index contributed by atoms with van der Waals surface area (Å²) in [5.74, 6) is 1.78. The van der Waals surface area contributed by atoms with E-state index in [0.717, 1.165) is 11.5 Å². The molecular formula is C13H21NOS. The Bertz CT molecular complexity index is 363. The van der Waals surface area contributed by atoms with E-state index in [4.69, 9.17) is 4.74 Å². The fourth-order valence-electron chi connectivity index (χ4n) is 1.93. The topological polar surface area (TPSA) is 12.5 Å². The third-order valence-electron chi connectivity index (χ3n) is 2.94. The monoisotopic (exact) mass is 239 g/mol. The van der Waals surface area contributed by atoms with Crippen molar-refractivity contribution < 1.29 is 4.74 Å². The highest BCUT2D eigenvalue weighted by Crippen LogP contribution is 2.29. The number of nitrogens with zero attached hydrogens (tertiary/aromatic N) is 1. The van der Waals surface area contributed by atoms with Crippen LogP contribution in [-0.2, 0) is 0 Å². The van der Waals surface area contributed by atoms with Crippen molar-refractivity contribution in [3.8, 4) is 5.75 Å². The van der Waals surface area contributed by atoms with Gasteiger partial charge in [0.1, 0.15) is 5.75 Å². The lowest BCUT2D eigenvalue weighted by atomic mass is 9.98. The first-order chi connectivity index (χ1) is 7.51. The second-order valence-electron chi connectivity index (χ2n) is 4.34. The lowest BCUT2D eigenvalue weighted by molar-refractivity contribution is 0.325. The van der Waals surface area contributed by atoms with Gasteiger partial charge >= 0.3 is 0 Å². The Labute approximate surface area is 104 Å². The number of methoxy groups -OCH3 is 1. The van der Waals surface area contributed by atoms with Crippen LogP contribution < -0.4 is 4.74 Å². The van der Waals surface area contributed by atoms with Gasteiger partial charge in [-0.2, -0.15) is 12.6 Å². The van der Waals surface area contributed by atoms with E-state index < -0.39 is 0 Å². The predicted octanol–water partition coefficient (Wildman–Crippen LogP) is 2.84. The van der Waals surface area contributed by atoms with Crippen LogP contribution in [0.25, 0.3) is 0 Å². The number of hydrogen-bond donors (Lipinski definition) is 1. The molecule has 0 aliphatic heterocycles. The number of rotatable bonds is 4. The smallest absolute Gasteiger partial charge is 0.122 e. The molecule has 1 unspecified atom stereocenters. The molecule has 1 atom stereocenters. The standard InChI is InChI=1S/C13H21NOS/c1-9-7-13(15-5)10(2)6-11(9)12(8-16)14(3)4/h6-7,12,16H,8H2,1-5H3. The maximum Gasteiger partial charge on any atom is 0.122 e. The van der Waals surface area contributed by atoms with Crippen molar-refractivity contribution in [3.63, 3.8) is 0 Å². The van der Waals surface area contributed by atoms with Gasteiger partial charge in [0.15, 0.2) is 0 Å². The minimum absolute atomic E-state index is 0.355. The van der Waals surface area contributed by atoms with Crippen LogP contribution in [0.5, 0.6) is 5.75 Å². The lowest BCUT2D eigenvalue weighted by Crippen LogP contribution is -2.22.